The maximum atomic E-state index is 4.44. The highest BCUT2D eigenvalue weighted by Crippen LogP contribution is 2.18. The molecule has 1 aliphatic rings. The van der Waals surface area contributed by atoms with Gasteiger partial charge in [-0.1, -0.05) is 12.2 Å². The number of aryl methyl sites for hydroxylation is 2. The summed E-state index contributed by atoms with van der Waals surface area (Å²) in [6.45, 7) is 5.13. The minimum Gasteiger partial charge on any atom is -0.306 e. The van der Waals surface area contributed by atoms with Crippen molar-refractivity contribution in [3.8, 4) is 0 Å². The summed E-state index contributed by atoms with van der Waals surface area (Å²) in [6.07, 6.45) is 8.41. The smallest absolute Gasteiger partial charge is 0.0900 e. The molecule has 1 aliphatic carbocycles. The lowest BCUT2D eigenvalue weighted by atomic mass is 10.0. The van der Waals surface area contributed by atoms with Gasteiger partial charge in [-0.3, -0.25) is 0 Å². The van der Waals surface area contributed by atoms with Crippen LogP contribution >= 0.6 is 11.3 Å². The fourth-order valence-electron chi connectivity index (χ4n) is 1.94. The normalized spacial score (nSPS) is 20.8. The predicted molar refractivity (Wildman–Crippen MR) is 65.2 cm³/mol. The molecule has 3 heteroatoms. The number of hydrogen-bond acceptors (Lipinski definition) is 3. The molecule has 0 saturated heterocycles. The van der Waals surface area contributed by atoms with Crippen LogP contribution < -0.4 is 5.32 Å². The van der Waals surface area contributed by atoms with Gasteiger partial charge >= 0.3 is 0 Å². The second-order valence-electron chi connectivity index (χ2n) is 4.09. The quantitative estimate of drug-likeness (QED) is 0.795. The molecular formula is C12H18N2S. The lowest BCUT2D eigenvalue weighted by molar-refractivity contribution is 0.524. The van der Waals surface area contributed by atoms with Gasteiger partial charge in [0.05, 0.1) is 10.7 Å². The molecule has 1 N–H and O–H groups in total. The zero-order chi connectivity index (χ0) is 10.7. The van der Waals surface area contributed by atoms with Crippen LogP contribution in [-0.4, -0.2) is 11.0 Å². The molecule has 82 valence electrons. The van der Waals surface area contributed by atoms with Gasteiger partial charge in [0.2, 0.25) is 0 Å². The summed E-state index contributed by atoms with van der Waals surface area (Å²) in [5.41, 5.74) is 1.18. The van der Waals surface area contributed by atoms with Crippen molar-refractivity contribution < 1.29 is 0 Å². The minimum absolute atomic E-state index is 0.570. The molecule has 0 saturated carbocycles. The molecule has 1 aromatic heterocycles. The van der Waals surface area contributed by atoms with Crippen LogP contribution in [0.4, 0.5) is 0 Å². The molecule has 1 heterocycles. The molecule has 1 aromatic rings. The minimum atomic E-state index is 0.570. The second-order valence-corrected chi connectivity index (χ2v) is 5.38. The second kappa shape index (κ2) is 4.90. The van der Waals surface area contributed by atoms with Crippen LogP contribution in [0, 0.1) is 13.8 Å². The SMILES string of the molecule is Cc1nc(C)c(CNC2C=CCCC2)s1. The molecule has 2 rings (SSSR count). The number of hydrogen-bond donors (Lipinski definition) is 1. The Labute approximate surface area is 95.4 Å². The van der Waals surface area contributed by atoms with E-state index in [1.54, 1.807) is 11.3 Å². The average Bonchev–Trinajstić information content (AvgIpc) is 2.56. The Balaban J connectivity index is 1.89. The number of nitrogens with one attached hydrogen (secondary N) is 1. The fraction of sp³-hybridized carbons (Fsp3) is 0.583. The fourth-order valence-corrected chi connectivity index (χ4v) is 2.83. The Kier molecular flexibility index (Phi) is 3.54. The zero-order valence-corrected chi connectivity index (χ0v) is 10.2. The molecule has 0 aromatic carbocycles. The van der Waals surface area contributed by atoms with Crippen molar-refractivity contribution in [2.24, 2.45) is 0 Å². The molecule has 2 nitrogen and oxygen atoms in total. The lowest BCUT2D eigenvalue weighted by Crippen LogP contribution is -2.27. The topological polar surface area (TPSA) is 24.9 Å². The summed E-state index contributed by atoms with van der Waals surface area (Å²) in [6, 6.07) is 0.570. The van der Waals surface area contributed by atoms with Gasteiger partial charge in [-0.05, 0) is 33.1 Å². The summed E-state index contributed by atoms with van der Waals surface area (Å²) in [5.74, 6) is 0. The van der Waals surface area contributed by atoms with Gasteiger partial charge in [0.15, 0.2) is 0 Å². The first-order valence-corrected chi connectivity index (χ1v) is 6.40. The van der Waals surface area contributed by atoms with Crippen molar-refractivity contribution in [3.05, 3.63) is 27.7 Å². The third kappa shape index (κ3) is 2.89. The maximum absolute atomic E-state index is 4.44. The Morgan fingerprint density at radius 1 is 1.53 bits per heavy atom. The van der Waals surface area contributed by atoms with Crippen LogP contribution in [0.15, 0.2) is 12.2 Å². The largest absolute Gasteiger partial charge is 0.306 e. The highest BCUT2D eigenvalue weighted by molar-refractivity contribution is 7.11. The van der Waals surface area contributed by atoms with Gasteiger partial charge in [0.25, 0.3) is 0 Å². The maximum Gasteiger partial charge on any atom is 0.0900 e. The van der Waals surface area contributed by atoms with Crippen molar-refractivity contribution in [2.45, 2.75) is 45.7 Å². The third-order valence-corrected chi connectivity index (χ3v) is 3.85. The van der Waals surface area contributed by atoms with Crippen LogP contribution in [0.25, 0.3) is 0 Å². The molecule has 0 amide bonds. The summed E-state index contributed by atoms with van der Waals surface area (Å²) in [5, 5.41) is 4.75. The Bertz CT molecular complexity index is 355. The van der Waals surface area contributed by atoms with E-state index in [1.165, 1.54) is 34.8 Å². The number of rotatable bonds is 3. The van der Waals surface area contributed by atoms with Gasteiger partial charge in [-0.15, -0.1) is 11.3 Å². The lowest BCUT2D eigenvalue weighted by Gasteiger charge is -2.17. The Hall–Kier alpha value is -0.670. The van der Waals surface area contributed by atoms with Crippen LogP contribution in [0.3, 0.4) is 0 Å². The summed E-state index contributed by atoms with van der Waals surface area (Å²) >= 11 is 1.81. The van der Waals surface area contributed by atoms with E-state index in [2.05, 4.69) is 36.3 Å². The van der Waals surface area contributed by atoms with Crippen molar-refractivity contribution in [1.29, 1.82) is 0 Å². The van der Waals surface area contributed by atoms with E-state index in [1.807, 2.05) is 0 Å². The number of nitrogens with zero attached hydrogens (tertiary/aromatic N) is 1. The average molecular weight is 222 g/mol. The van der Waals surface area contributed by atoms with Gasteiger partial charge in [0.1, 0.15) is 0 Å². The Morgan fingerprint density at radius 3 is 3.00 bits per heavy atom. The van der Waals surface area contributed by atoms with Crippen molar-refractivity contribution in [2.75, 3.05) is 0 Å². The van der Waals surface area contributed by atoms with Gasteiger partial charge < -0.3 is 5.32 Å². The first kappa shape index (κ1) is 10.8. The first-order chi connectivity index (χ1) is 7.25. The summed E-state index contributed by atoms with van der Waals surface area (Å²) in [4.78, 5) is 5.82. The van der Waals surface area contributed by atoms with Gasteiger partial charge in [-0.2, -0.15) is 0 Å². The van der Waals surface area contributed by atoms with Crippen molar-refractivity contribution >= 4 is 11.3 Å². The molecular weight excluding hydrogens is 204 g/mol. The van der Waals surface area contributed by atoms with E-state index in [9.17, 15) is 0 Å². The standard InChI is InChI=1S/C12H18N2S/c1-9-12(15-10(2)14-9)8-13-11-6-4-3-5-7-11/h4,6,11,13H,3,5,7-8H2,1-2H3. The summed E-state index contributed by atoms with van der Waals surface area (Å²) < 4.78 is 0. The van der Waals surface area contributed by atoms with E-state index in [0.717, 1.165) is 6.54 Å². The molecule has 0 spiro atoms. The summed E-state index contributed by atoms with van der Waals surface area (Å²) in [7, 11) is 0. The van der Waals surface area contributed by atoms with Gasteiger partial charge in [0, 0.05) is 17.5 Å². The monoisotopic (exact) mass is 222 g/mol. The molecule has 0 fully saturated rings. The number of allylic oxidation sites excluding steroid dienone is 1. The predicted octanol–water partition coefficient (Wildman–Crippen LogP) is 2.96. The van der Waals surface area contributed by atoms with E-state index >= 15 is 0 Å². The molecule has 0 radical (unpaired) electrons. The first-order valence-electron chi connectivity index (χ1n) is 5.58. The van der Waals surface area contributed by atoms with E-state index in [4.69, 9.17) is 0 Å². The van der Waals surface area contributed by atoms with Crippen LogP contribution in [0.2, 0.25) is 0 Å². The zero-order valence-electron chi connectivity index (χ0n) is 9.42. The number of thiazole rings is 1. The molecule has 0 bridgehead atoms. The van der Waals surface area contributed by atoms with Gasteiger partial charge in [-0.25, -0.2) is 4.98 Å². The highest BCUT2D eigenvalue weighted by Gasteiger charge is 2.09. The molecule has 0 aliphatic heterocycles. The van der Waals surface area contributed by atoms with Crippen molar-refractivity contribution in [1.82, 2.24) is 10.3 Å². The van der Waals surface area contributed by atoms with Crippen LogP contribution in [0.5, 0.6) is 0 Å². The highest BCUT2D eigenvalue weighted by atomic mass is 32.1. The van der Waals surface area contributed by atoms with E-state index < -0.39 is 0 Å². The molecule has 1 unspecified atom stereocenters. The molecule has 1 atom stereocenters. The van der Waals surface area contributed by atoms with Crippen LogP contribution in [0.1, 0.15) is 34.8 Å². The third-order valence-electron chi connectivity index (χ3n) is 2.78. The van der Waals surface area contributed by atoms with E-state index in [-0.39, 0.29) is 0 Å². The van der Waals surface area contributed by atoms with Crippen LogP contribution in [-0.2, 0) is 6.54 Å². The number of aromatic nitrogens is 1. The van der Waals surface area contributed by atoms with E-state index in [0.29, 0.717) is 6.04 Å². The molecule has 15 heavy (non-hydrogen) atoms. The Morgan fingerprint density at radius 2 is 2.40 bits per heavy atom. The van der Waals surface area contributed by atoms with Crippen molar-refractivity contribution in [3.63, 3.8) is 0 Å².